The Morgan fingerprint density at radius 3 is 2.00 bits per heavy atom. The van der Waals surface area contributed by atoms with Gasteiger partial charge in [-0.3, -0.25) is 19.7 Å². The fraction of sp³-hybridized carbons (Fsp3) is 0.700. The van der Waals surface area contributed by atoms with Gasteiger partial charge in [-0.15, -0.1) is 0 Å². The number of anilines is 1. The van der Waals surface area contributed by atoms with Crippen molar-refractivity contribution in [1.29, 1.82) is 0 Å². The number of carbonyl (C=O) groups is 3. The maximum absolute atomic E-state index is 13.9. The predicted molar refractivity (Wildman–Crippen MR) is 159 cm³/mol. The van der Waals surface area contributed by atoms with Crippen molar-refractivity contribution in [2.75, 3.05) is 44.2 Å². The summed E-state index contributed by atoms with van der Waals surface area (Å²) in [6.07, 6.45) is 1.38. The molecule has 3 aliphatic heterocycles. The third-order valence-electron chi connectivity index (χ3n) is 8.76. The maximum Gasteiger partial charge on any atom is 0.441 e. The minimum absolute atomic E-state index is 0.00609. The summed E-state index contributed by atoms with van der Waals surface area (Å²) >= 11 is 0. The molecular formula is C30H46N4O8S. The number of hydrogen-bond donors (Lipinski definition) is 2. The summed E-state index contributed by atoms with van der Waals surface area (Å²) in [6.45, 7) is 12.4. The fourth-order valence-electron chi connectivity index (χ4n) is 6.53. The van der Waals surface area contributed by atoms with Crippen LogP contribution in [0.5, 0.6) is 0 Å². The first-order valence-corrected chi connectivity index (χ1v) is 16.6. The van der Waals surface area contributed by atoms with E-state index >= 15 is 0 Å². The van der Waals surface area contributed by atoms with Crippen molar-refractivity contribution in [1.82, 2.24) is 15.3 Å². The third kappa shape index (κ3) is 7.26. The summed E-state index contributed by atoms with van der Waals surface area (Å²) in [7, 11) is -4.26. The molecule has 2 atom stereocenters. The molecule has 0 radical (unpaired) electrons. The normalized spacial score (nSPS) is 23.5. The van der Waals surface area contributed by atoms with Crippen LogP contribution in [0.25, 0.3) is 0 Å². The summed E-state index contributed by atoms with van der Waals surface area (Å²) in [4.78, 5) is 53.8. The molecule has 0 unspecified atom stereocenters. The van der Waals surface area contributed by atoms with Crippen LogP contribution in [-0.2, 0) is 29.2 Å². The highest BCUT2D eigenvalue weighted by Crippen LogP contribution is 2.37. The van der Waals surface area contributed by atoms with Gasteiger partial charge in [-0.2, -0.15) is 4.89 Å². The highest BCUT2D eigenvalue weighted by molar-refractivity contribution is 7.93. The van der Waals surface area contributed by atoms with E-state index in [1.165, 1.54) is 22.5 Å². The fourth-order valence-corrected chi connectivity index (χ4v) is 8.49. The number of rotatable bonds is 6. The van der Waals surface area contributed by atoms with Gasteiger partial charge in [0.15, 0.2) is 14.6 Å². The van der Waals surface area contributed by atoms with Gasteiger partial charge in [-0.05, 0) is 89.0 Å². The Hall–Kier alpha value is -2.90. The molecular weight excluding hydrogens is 576 g/mol. The highest BCUT2D eigenvalue weighted by atomic mass is 32.2. The number of carbonyl (C=O) groups excluding carboxylic acids is 3. The number of piperidine rings is 3. The Morgan fingerprint density at radius 2 is 1.49 bits per heavy atom. The average molecular weight is 623 g/mol. The zero-order valence-corrected chi connectivity index (χ0v) is 26.7. The molecule has 43 heavy (non-hydrogen) atoms. The van der Waals surface area contributed by atoms with Gasteiger partial charge >= 0.3 is 6.09 Å². The van der Waals surface area contributed by atoms with E-state index in [9.17, 15) is 28.0 Å². The molecule has 0 aromatic heterocycles. The molecule has 2 N–H and O–H groups in total. The lowest BCUT2D eigenvalue weighted by atomic mass is 9.89. The molecule has 3 aliphatic rings. The molecule has 13 heteroatoms. The summed E-state index contributed by atoms with van der Waals surface area (Å²) in [5, 5.41) is 9.47. The van der Waals surface area contributed by atoms with Crippen LogP contribution >= 0.6 is 0 Å². The predicted octanol–water partition coefficient (Wildman–Crippen LogP) is 3.39. The van der Waals surface area contributed by atoms with Crippen molar-refractivity contribution >= 4 is 33.4 Å². The van der Waals surface area contributed by atoms with Crippen LogP contribution in [0.4, 0.5) is 10.5 Å². The smallest absolute Gasteiger partial charge is 0.371 e. The number of hydrogen-bond acceptors (Lipinski definition) is 9. The van der Waals surface area contributed by atoms with E-state index in [0.29, 0.717) is 24.9 Å². The van der Waals surface area contributed by atoms with Crippen LogP contribution in [0.2, 0.25) is 0 Å². The van der Waals surface area contributed by atoms with Crippen molar-refractivity contribution in [3.8, 4) is 0 Å². The summed E-state index contributed by atoms with van der Waals surface area (Å²) < 4.78 is 25.8. The van der Waals surface area contributed by atoms with Crippen molar-refractivity contribution in [2.45, 2.75) is 82.0 Å². The second-order valence-electron chi connectivity index (χ2n) is 13.4. The topological polar surface area (TPSA) is 146 Å². The van der Waals surface area contributed by atoms with E-state index in [2.05, 4.69) is 18.7 Å². The van der Waals surface area contributed by atoms with Gasteiger partial charge in [0.25, 0.3) is 5.91 Å². The molecule has 3 heterocycles. The molecule has 240 valence electrons. The summed E-state index contributed by atoms with van der Waals surface area (Å²) in [6, 6.07) is 6.37. The van der Waals surface area contributed by atoms with Crippen LogP contribution in [0, 0.1) is 17.8 Å². The van der Waals surface area contributed by atoms with Gasteiger partial charge in [-0.25, -0.2) is 18.7 Å². The minimum atomic E-state index is -4.26. The Labute approximate surface area is 254 Å². The number of hydroxylamine groups is 1. The van der Waals surface area contributed by atoms with Crippen molar-refractivity contribution in [3.05, 3.63) is 24.3 Å². The molecule has 3 saturated heterocycles. The van der Waals surface area contributed by atoms with Crippen molar-refractivity contribution in [3.63, 3.8) is 0 Å². The van der Waals surface area contributed by atoms with E-state index in [1.807, 2.05) is 4.90 Å². The van der Waals surface area contributed by atoms with E-state index in [1.54, 1.807) is 32.9 Å². The van der Waals surface area contributed by atoms with E-state index in [-0.39, 0.29) is 42.7 Å². The van der Waals surface area contributed by atoms with Crippen molar-refractivity contribution in [2.24, 2.45) is 17.8 Å². The van der Waals surface area contributed by atoms with Gasteiger partial charge in [0.05, 0.1) is 4.90 Å². The lowest BCUT2D eigenvalue weighted by Gasteiger charge is -2.40. The zero-order valence-electron chi connectivity index (χ0n) is 25.9. The molecule has 0 saturated carbocycles. The van der Waals surface area contributed by atoms with Crippen LogP contribution < -0.4 is 10.4 Å². The van der Waals surface area contributed by atoms with Gasteiger partial charge in [0.1, 0.15) is 5.60 Å². The van der Waals surface area contributed by atoms with E-state index < -0.39 is 32.2 Å². The highest BCUT2D eigenvalue weighted by Gasteiger charge is 2.53. The molecule has 0 bridgehead atoms. The first-order chi connectivity index (χ1) is 20.2. The SMILES string of the molecule is C[C@@H]1C[C@H](C)CN(C(=O)C2CCN(c3ccc(S(=O)(=O)C4(C(=O)NO)CCN(C(=O)OOC(C)(C)C)CC4)cc3)CC2)C1. The molecule has 4 rings (SSSR count). The molecule has 12 nitrogen and oxygen atoms in total. The number of benzene rings is 1. The first kappa shape index (κ1) is 33.0. The minimum Gasteiger partial charge on any atom is -0.371 e. The molecule has 3 amide bonds. The molecule has 0 aliphatic carbocycles. The lowest BCUT2D eigenvalue weighted by Crippen LogP contribution is -2.58. The number of likely N-dealkylation sites (tertiary alicyclic amines) is 2. The Bertz CT molecular complexity index is 1250. The summed E-state index contributed by atoms with van der Waals surface area (Å²) in [5.41, 5.74) is 1.64. The standard InChI is InChI=1S/C30H46N4O8S/c1-21-18-22(2)20-34(19-21)26(35)23-10-14-32(15-11-23)24-6-8-25(9-7-24)43(39,40)30(27(36)31-38)12-16-33(17-13-30)28(37)41-42-29(3,4)5/h6-9,21-23,38H,10-20H2,1-5H3,(H,31,36)/t21-,22+. The van der Waals surface area contributed by atoms with Gasteiger partial charge in [-0.1, -0.05) is 13.8 Å². The van der Waals surface area contributed by atoms with Crippen LogP contribution in [0.3, 0.4) is 0 Å². The molecule has 0 spiro atoms. The number of nitrogens with one attached hydrogen (secondary N) is 1. The largest absolute Gasteiger partial charge is 0.441 e. The lowest BCUT2D eigenvalue weighted by molar-refractivity contribution is -0.305. The molecule has 1 aromatic rings. The zero-order chi connectivity index (χ0) is 31.6. The average Bonchev–Trinajstić information content (AvgIpc) is 2.98. The van der Waals surface area contributed by atoms with Crippen LogP contribution in [0.15, 0.2) is 29.2 Å². The first-order valence-electron chi connectivity index (χ1n) is 15.1. The Balaban J connectivity index is 1.40. The summed E-state index contributed by atoms with van der Waals surface area (Å²) in [5.74, 6) is 0.228. The van der Waals surface area contributed by atoms with E-state index in [4.69, 9.17) is 9.78 Å². The number of amides is 3. The maximum atomic E-state index is 13.9. The second kappa shape index (κ2) is 13.0. The Morgan fingerprint density at radius 1 is 0.930 bits per heavy atom. The monoisotopic (exact) mass is 622 g/mol. The van der Waals surface area contributed by atoms with Crippen molar-refractivity contribution < 1.29 is 37.8 Å². The van der Waals surface area contributed by atoms with Gasteiger partial charge in [0.2, 0.25) is 5.91 Å². The van der Waals surface area contributed by atoms with Crippen LogP contribution in [0.1, 0.15) is 66.7 Å². The van der Waals surface area contributed by atoms with E-state index in [0.717, 1.165) is 38.0 Å². The number of sulfone groups is 1. The Kier molecular flexibility index (Phi) is 9.97. The third-order valence-corrected chi connectivity index (χ3v) is 11.3. The number of nitrogens with zero attached hydrogens (tertiary/aromatic N) is 3. The molecule has 1 aromatic carbocycles. The van der Waals surface area contributed by atoms with Gasteiger partial charge in [0, 0.05) is 50.9 Å². The molecule has 3 fully saturated rings. The quantitative estimate of drug-likeness (QED) is 0.277. The van der Waals surface area contributed by atoms with Gasteiger partial charge < -0.3 is 14.7 Å². The van der Waals surface area contributed by atoms with Crippen LogP contribution in [-0.4, -0.2) is 90.9 Å². The second-order valence-corrected chi connectivity index (χ2v) is 15.7.